The highest BCUT2D eigenvalue weighted by atomic mass is 16.7. The lowest BCUT2D eigenvalue weighted by Gasteiger charge is -2.36. The van der Waals surface area contributed by atoms with Crippen LogP contribution in [-0.2, 0) is 59.8 Å². The van der Waals surface area contributed by atoms with Crippen LogP contribution in [-0.4, -0.2) is 70.8 Å². The molecule has 1 saturated heterocycles. The lowest BCUT2D eigenvalue weighted by atomic mass is 9.77. The van der Waals surface area contributed by atoms with Crippen LogP contribution in [0.5, 0.6) is 34.5 Å². The van der Waals surface area contributed by atoms with Gasteiger partial charge in [0, 0.05) is 90.2 Å². The first-order chi connectivity index (χ1) is 46.9. The van der Waals surface area contributed by atoms with Gasteiger partial charge in [-0.15, -0.1) is 5.06 Å². The number of hydrogen-bond acceptors (Lipinski definition) is 16. The van der Waals surface area contributed by atoms with Crippen molar-refractivity contribution in [3.63, 3.8) is 0 Å². The average Bonchev–Trinajstić information content (AvgIpc) is 1.46. The third-order valence-electron chi connectivity index (χ3n) is 17.1. The molecule has 0 radical (unpaired) electrons. The van der Waals surface area contributed by atoms with Crippen LogP contribution in [0.1, 0.15) is 155 Å². The van der Waals surface area contributed by atoms with Gasteiger partial charge in [0.2, 0.25) is 5.91 Å². The zero-order chi connectivity index (χ0) is 70.0. The summed E-state index contributed by atoms with van der Waals surface area (Å²) in [5, 5.41) is 10.6. The number of esters is 3. The first-order valence-corrected chi connectivity index (χ1v) is 31.8. The van der Waals surface area contributed by atoms with Crippen LogP contribution in [0.15, 0.2) is 182 Å². The number of benzene rings is 9. The van der Waals surface area contributed by atoms with Crippen LogP contribution in [0.3, 0.4) is 0 Å². The van der Waals surface area contributed by atoms with Gasteiger partial charge in [0.25, 0.3) is 17.8 Å². The van der Waals surface area contributed by atoms with Gasteiger partial charge in [0.15, 0.2) is 16.8 Å². The maximum absolute atomic E-state index is 12.6. The second-order valence-corrected chi connectivity index (χ2v) is 24.5. The highest BCUT2D eigenvalue weighted by Crippen LogP contribution is 2.59. The minimum Gasteiger partial charge on any atom is -0.481 e. The predicted octanol–water partition coefficient (Wildman–Crippen LogP) is 13.8. The summed E-state index contributed by atoms with van der Waals surface area (Å²) in [5.41, 5.74) is 18.6. The quantitative estimate of drug-likeness (QED) is 0.0640. The summed E-state index contributed by atoms with van der Waals surface area (Å²) in [6.07, 6.45) is 1.12. The first-order valence-electron chi connectivity index (χ1n) is 31.8. The smallest absolute Gasteiger partial charge is 0.340 e. The van der Waals surface area contributed by atoms with Gasteiger partial charge in [-0.2, -0.15) is 0 Å². The van der Waals surface area contributed by atoms with E-state index in [4.69, 9.17) is 44.1 Å². The van der Waals surface area contributed by atoms with Crippen LogP contribution in [0, 0.1) is 41.5 Å². The Bertz CT molecular complexity index is 4160. The Labute approximate surface area is 565 Å². The number of carboxylic acid groups (broad SMARTS) is 1. The highest BCUT2D eigenvalue weighted by molar-refractivity contribution is 6.02. The molecule has 0 saturated carbocycles. The topological polar surface area (TPSA) is 263 Å². The molecule has 7 aliphatic heterocycles. The molecular weight excluding hydrogens is 1250 g/mol. The zero-order valence-corrected chi connectivity index (χ0v) is 55.5. The lowest BCUT2D eigenvalue weighted by molar-refractivity contribution is -0.195. The van der Waals surface area contributed by atoms with Crippen LogP contribution in [0.25, 0.3) is 0 Å². The second kappa shape index (κ2) is 27.6. The minimum absolute atomic E-state index is 0.0125. The Kier molecular flexibility index (Phi) is 19.0. The molecular formula is C79H71N3O16. The van der Waals surface area contributed by atoms with Gasteiger partial charge in [0.05, 0.1) is 16.7 Å². The Morgan fingerprint density at radius 1 is 0.429 bits per heavy atom. The highest BCUT2D eigenvalue weighted by Gasteiger charge is 2.56. The molecule has 4 N–H and O–H groups in total. The van der Waals surface area contributed by atoms with E-state index in [1.165, 1.54) is 6.92 Å². The third kappa shape index (κ3) is 12.7. The fraction of sp³-hybridized carbons (Fsp3) is 0.215. The number of hydrogen-bond donors (Lipinski definition) is 3. The number of carboxylic acids is 1. The summed E-state index contributed by atoms with van der Waals surface area (Å²) in [5.74, 6) is 1.16. The van der Waals surface area contributed by atoms with E-state index in [0.717, 1.165) is 138 Å². The van der Waals surface area contributed by atoms with Crippen molar-refractivity contribution in [2.45, 2.75) is 98.4 Å². The summed E-state index contributed by atoms with van der Waals surface area (Å²) in [4.78, 5) is 93.2. The number of carbonyl (C=O) groups is 8. The Morgan fingerprint density at radius 2 is 0.684 bits per heavy atom. The van der Waals surface area contributed by atoms with E-state index >= 15 is 0 Å². The largest absolute Gasteiger partial charge is 0.481 e. The number of imide groups is 1. The molecule has 7 heterocycles. The molecule has 3 spiro atoms. The number of nitrogens with zero attached hydrogens (tertiary/aromatic N) is 1. The second-order valence-electron chi connectivity index (χ2n) is 24.5. The number of ether oxygens (including phenoxy) is 6. The summed E-state index contributed by atoms with van der Waals surface area (Å²) in [6.45, 7) is 17.2. The summed E-state index contributed by atoms with van der Waals surface area (Å²) >= 11 is 0. The number of carbonyl (C=O) groups excluding carboxylic acids is 7. The fourth-order valence-electron chi connectivity index (χ4n) is 12.8. The lowest BCUT2D eigenvalue weighted by Crippen LogP contribution is -2.33. The standard InChI is InChI=1S/3C22H16O3.C6H7NO4.C5H12N2O.C2H4O2/c3*1-13-7-9-17-19(11-13)24-20-12-14(2)8-10-18(20)22(17)16-6-4-3-5-15(16)21(23)25-22;1-4(8)11-7-5(9)2-3-6(7)10;1-5(8)7-4-2-3-6;1-2(3)4/h3*3-12H,1-2H3;2-3H2,1H3;2-4,6H2,1H3,(H,7,8);1H3,(H,3,4). The summed E-state index contributed by atoms with van der Waals surface area (Å²) in [6, 6.07) is 59.0. The molecule has 498 valence electrons. The molecule has 0 unspecified atom stereocenters. The number of fused-ring (bicyclic) bond motifs is 18. The molecule has 7 aliphatic rings. The molecule has 0 bridgehead atoms. The molecule has 0 atom stereocenters. The van der Waals surface area contributed by atoms with E-state index in [9.17, 15) is 33.6 Å². The Hall–Kier alpha value is -11.7. The number of amides is 3. The molecule has 0 aliphatic carbocycles. The summed E-state index contributed by atoms with van der Waals surface area (Å²) < 4.78 is 36.8. The van der Waals surface area contributed by atoms with E-state index < -0.39 is 40.6 Å². The molecule has 9 aromatic rings. The molecule has 98 heavy (non-hydrogen) atoms. The van der Waals surface area contributed by atoms with E-state index in [0.29, 0.717) is 34.8 Å². The van der Waals surface area contributed by atoms with Gasteiger partial charge in [-0.05, 0) is 142 Å². The fourth-order valence-corrected chi connectivity index (χ4v) is 12.8. The van der Waals surface area contributed by atoms with Crippen molar-refractivity contribution in [3.8, 4) is 34.5 Å². The molecule has 3 amide bonds. The molecule has 19 heteroatoms. The van der Waals surface area contributed by atoms with Crippen molar-refractivity contribution < 1.29 is 76.7 Å². The van der Waals surface area contributed by atoms with Crippen molar-refractivity contribution in [1.82, 2.24) is 10.4 Å². The number of aliphatic carboxylic acids is 1. The van der Waals surface area contributed by atoms with Gasteiger partial charge in [-0.25, -0.2) is 19.2 Å². The van der Waals surface area contributed by atoms with E-state index in [1.54, 1.807) is 0 Å². The average molecular weight is 1320 g/mol. The normalized spacial score (nSPS) is 15.0. The minimum atomic E-state index is -0.946. The Morgan fingerprint density at radius 3 is 0.918 bits per heavy atom. The molecule has 1 fully saturated rings. The molecule has 9 aromatic carbocycles. The number of hydroxylamine groups is 2. The van der Waals surface area contributed by atoms with Gasteiger partial charge in [0.1, 0.15) is 34.5 Å². The number of rotatable bonds is 4. The van der Waals surface area contributed by atoms with Crippen molar-refractivity contribution >= 4 is 47.6 Å². The number of nitrogens with one attached hydrogen (secondary N) is 1. The third-order valence-corrected chi connectivity index (χ3v) is 17.1. The van der Waals surface area contributed by atoms with E-state index in [-0.39, 0.29) is 36.7 Å². The number of aryl methyl sites for hydroxylation is 6. The summed E-state index contributed by atoms with van der Waals surface area (Å²) in [7, 11) is 0. The zero-order valence-electron chi connectivity index (χ0n) is 55.5. The molecule has 0 aromatic heterocycles. The van der Waals surface area contributed by atoms with Crippen LogP contribution < -0.4 is 25.3 Å². The van der Waals surface area contributed by atoms with Crippen molar-refractivity contribution in [3.05, 3.63) is 282 Å². The molecule has 19 nitrogen and oxygen atoms in total. The number of nitrogens with two attached hydrogens (primary N) is 1. The van der Waals surface area contributed by atoms with Crippen molar-refractivity contribution in [2.24, 2.45) is 5.73 Å². The first kappa shape index (κ1) is 67.7. The maximum Gasteiger partial charge on any atom is 0.340 e. The van der Waals surface area contributed by atoms with Gasteiger partial charge in [-0.1, -0.05) is 127 Å². The van der Waals surface area contributed by atoms with Crippen LogP contribution >= 0.6 is 0 Å². The predicted molar refractivity (Wildman–Crippen MR) is 361 cm³/mol. The van der Waals surface area contributed by atoms with Crippen LogP contribution in [0.4, 0.5) is 0 Å². The van der Waals surface area contributed by atoms with Crippen molar-refractivity contribution in [2.75, 3.05) is 13.1 Å². The van der Waals surface area contributed by atoms with Gasteiger partial charge >= 0.3 is 23.9 Å². The van der Waals surface area contributed by atoms with Gasteiger partial charge in [-0.3, -0.25) is 19.2 Å². The van der Waals surface area contributed by atoms with Gasteiger partial charge < -0.3 is 49.4 Å². The SMILES string of the molecule is CC(=O)NCCCN.CC(=O)O.CC(=O)ON1C(=O)CCC1=O.Cc1ccc2c(c1)Oc1cc(C)ccc1C21OC(=O)c2ccccc21.Cc1ccc2c(c1)Oc1cc(C)ccc1C21OC(=O)c2ccccc21.Cc1ccc2c(c1)Oc1cc(C)ccc1C21OC(=O)c2ccccc21. The molecule has 16 rings (SSSR count). The Balaban J connectivity index is 0.000000129. The maximum atomic E-state index is 12.6. The van der Waals surface area contributed by atoms with Crippen molar-refractivity contribution in [1.29, 1.82) is 0 Å². The van der Waals surface area contributed by atoms with E-state index in [2.05, 4.69) is 10.2 Å². The monoisotopic (exact) mass is 1320 g/mol. The van der Waals surface area contributed by atoms with Crippen LogP contribution in [0.2, 0.25) is 0 Å². The van der Waals surface area contributed by atoms with E-state index in [1.807, 2.05) is 224 Å².